The zero-order valence-electron chi connectivity index (χ0n) is 9.23. The Kier molecular flexibility index (Phi) is 4.94. The molecule has 0 fully saturated rings. The predicted molar refractivity (Wildman–Crippen MR) is 66.5 cm³/mol. The summed E-state index contributed by atoms with van der Waals surface area (Å²) in [6, 6.07) is 6.13. The summed E-state index contributed by atoms with van der Waals surface area (Å²) in [7, 11) is 1.97. The molecule has 1 aromatic carbocycles. The van der Waals surface area contributed by atoms with Crippen LogP contribution in [0.4, 0.5) is 5.69 Å². The third-order valence-corrected chi connectivity index (χ3v) is 3.20. The van der Waals surface area contributed by atoms with Crippen LogP contribution in [0.25, 0.3) is 0 Å². The van der Waals surface area contributed by atoms with E-state index in [2.05, 4.69) is 6.07 Å². The van der Waals surface area contributed by atoms with E-state index >= 15 is 0 Å². The largest absolute Gasteiger partial charge is 0.395 e. The zero-order chi connectivity index (χ0) is 11.3. The maximum Gasteiger partial charge on any atom is 0.0606 e. The fraction of sp³-hybridized carbons (Fsp3) is 0.455. The second kappa shape index (κ2) is 6.00. The Morgan fingerprint density at radius 2 is 2.20 bits per heavy atom. The number of anilines is 1. The molecular formula is C11H18N2OS. The molecule has 0 amide bonds. The van der Waals surface area contributed by atoms with Gasteiger partial charge in [0.15, 0.2) is 0 Å². The molecule has 4 heteroatoms. The average Bonchev–Trinajstić information content (AvgIpc) is 2.28. The van der Waals surface area contributed by atoms with E-state index < -0.39 is 0 Å². The van der Waals surface area contributed by atoms with Crippen molar-refractivity contribution in [2.24, 2.45) is 5.73 Å². The van der Waals surface area contributed by atoms with Crippen molar-refractivity contribution >= 4 is 17.4 Å². The number of aliphatic hydroxyl groups is 1. The molecule has 3 N–H and O–H groups in total. The molecule has 0 bridgehead atoms. The highest BCUT2D eigenvalue weighted by Crippen LogP contribution is 2.28. The first-order chi connectivity index (χ1) is 7.24. The Bertz CT molecular complexity index is 317. The molecule has 3 nitrogen and oxygen atoms in total. The van der Waals surface area contributed by atoms with E-state index in [4.69, 9.17) is 10.8 Å². The van der Waals surface area contributed by atoms with Crippen LogP contribution in [0.15, 0.2) is 23.1 Å². The summed E-state index contributed by atoms with van der Waals surface area (Å²) in [5.41, 5.74) is 8.02. The minimum Gasteiger partial charge on any atom is -0.395 e. The molecule has 0 radical (unpaired) electrons. The molecule has 0 aromatic heterocycles. The minimum atomic E-state index is 0.157. The Balaban J connectivity index is 3.05. The molecular weight excluding hydrogens is 208 g/mol. The van der Waals surface area contributed by atoms with Gasteiger partial charge in [0.2, 0.25) is 0 Å². The molecule has 0 saturated carbocycles. The number of nitrogens with two attached hydrogens (primary N) is 1. The third kappa shape index (κ3) is 2.87. The van der Waals surface area contributed by atoms with Gasteiger partial charge in [-0.05, 0) is 18.4 Å². The first kappa shape index (κ1) is 12.4. The van der Waals surface area contributed by atoms with Gasteiger partial charge in [-0.25, -0.2) is 0 Å². The fourth-order valence-corrected chi connectivity index (χ4v) is 2.23. The topological polar surface area (TPSA) is 49.5 Å². The van der Waals surface area contributed by atoms with Gasteiger partial charge >= 0.3 is 0 Å². The second-order valence-corrected chi connectivity index (χ2v) is 4.16. The minimum absolute atomic E-state index is 0.157. The van der Waals surface area contributed by atoms with Crippen LogP contribution in [-0.2, 0) is 6.54 Å². The number of hydrogen-bond acceptors (Lipinski definition) is 4. The van der Waals surface area contributed by atoms with Crippen LogP contribution in [-0.4, -0.2) is 31.6 Å². The summed E-state index contributed by atoms with van der Waals surface area (Å²) >= 11 is 1.70. The van der Waals surface area contributed by atoms with Crippen molar-refractivity contribution in [3.63, 3.8) is 0 Å². The number of rotatable bonds is 5. The van der Waals surface area contributed by atoms with Gasteiger partial charge in [-0.1, -0.05) is 6.07 Å². The summed E-state index contributed by atoms with van der Waals surface area (Å²) < 4.78 is 0. The fourth-order valence-electron chi connectivity index (χ4n) is 1.58. The Morgan fingerprint density at radius 3 is 2.73 bits per heavy atom. The van der Waals surface area contributed by atoms with Crippen molar-refractivity contribution in [3.8, 4) is 0 Å². The standard InChI is InChI=1S/C11H18N2OS/c1-13(6-7-14)10-4-3-5-11(15-2)9(10)8-12/h3-5,14H,6-8,12H2,1-2H3. The summed E-state index contributed by atoms with van der Waals surface area (Å²) in [4.78, 5) is 3.24. The molecule has 0 unspecified atom stereocenters. The van der Waals surface area contributed by atoms with E-state index in [9.17, 15) is 0 Å². The maximum absolute atomic E-state index is 8.91. The van der Waals surface area contributed by atoms with Crippen molar-refractivity contribution in [1.82, 2.24) is 0 Å². The van der Waals surface area contributed by atoms with Crippen LogP contribution in [0.1, 0.15) is 5.56 Å². The van der Waals surface area contributed by atoms with Crippen LogP contribution in [0.3, 0.4) is 0 Å². The Morgan fingerprint density at radius 1 is 1.47 bits per heavy atom. The first-order valence-electron chi connectivity index (χ1n) is 4.92. The first-order valence-corrected chi connectivity index (χ1v) is 6.15. The number of aliphatic hydroxyl groups excluding tert-OH is 1. The van der Waals surface area contributed by atoms with Crippen molar-refractivity contribution in [1.29, 1.82) is 0 Å². The van der Waals surface area contributed by atoms with E-state index in [1.54, 1.807) is 11.8 Å². The van der Waals surface area contributed by atoms with Gasteiger partial charge in [0.05, 0.1) is 6.61 Å². The van der Waals surface area contributed by atoms with Gasteiger partial charge < -0.3 is 15.7 Å². The van der Waals surface area contributed by atoms with Crippen molar-refractivity contribution in [2.45, 2.75) is 11.4 Å². The van der Waals surface area contributed by atoms with Crippen molar-refractivity contribution in [2.75, 3.05) is 31.4 Å². The summed E-state index contributed by atoms with van der Waals surface area (Å²) in [5, 5.41) is 8.91. The van der Waals surface area contributed by atoms with Gasteiger partial charge in [-0.2, -0.15) is 0 Å². The van der Waals surface area contributed by atoms with E-state index in [0.29, 0.717) is 13.1 Å². The quantitative estimate of drug-likeness (QED) is 0.743. The highest BCUT2D eigenvalue weighted by atomic mass is 32.2. The number of nitrogens with zero attached hydrogens (tertiary/aromatic N) is 1. The van der Waals surface area contributed by atoms with Crippen molar-refractivity contribution in [3.05, 3.63) is 23.8 Å². The molecule has 0 atom stereocenters. The molecule has 15 heavy (non-hydrogen) atoms. The van der Waals surface area contributed by atoms with Gasteiger partial charge in [0.25, 0.3) is 0 Å². The second-order valence-electron chi connectivity index (χ2n) is 3.31. The lowest BCUT2D eigenvalue weighted by atomic mass is 10.1. The van der Waals surface area contributed by atoms with Gasteiger partial charge in [-0.15, -0.1) is 11.8 Å². The molecule has 1 rings (SSSR count). The lowest BCUT2D eigenvalue weighted by molar-refractivity contribution is 0.304. The zero-order valence-corrected chi connectivity index (χ0v) is 10.0. The van der Waals surface area contributed by atoms with Crippen LogP contribution >= 0.6 is 11.8 Å². The van der Waals surface area contributed by atoms with Crippen LogP contribution in [0.2, 0.25) is 0 Å². The average molecular weight is 226 g/mol. The summed E-state index contributed by atoms with van der Waals surface area (Å²) in [5.74, 6) is 0. The summed E-state index contributed by atoms with van der Waals surface area (Å²) in [6.45, 7) is 1.32. The lowest BCUT2D eigenvalue weighted by Gasteiger charge is -2.22. The van der Waals surface area contributed by atoms with Crippen LogP contribution in [0.5, 0.6) is 0 Å². The number of thioether (sulfide) groups is 1. The van der Waals surface area contributed by atoms with Gasteiger partial charge in [-0.3, -0.25) is 0 Å². The molecule has 84 valence electrons. The van der Waals surface area contributed by atoms with Crippen LogP contribution < -0.4 is 10.6 Å². The van der Waals surface area contributed by atoms with E-state index in [-0.39, 0.29) is 6.61 Å². The number of likely N-dealkylation sites (N-methyl/N-ethyl adjacent to an activating group) is 1. The molecule has 0 aliphatic rings. The normalized spacial score (nSPS) is 10.4. The molecule has 0 spiro atoms. The third-order valence-electron chi connectivity index (χ3n) is 2.38. The molecule has 0 aliphatic carbocycles. The molecule has 0 saturated heterocycles. The molecule has 0 aliphatic heterocycles. The SMILES string of the molecule is CSc1cccc(N(C)CCO)c1CN. The van der Waals surface area contributed by atoms with E-state index in [1.165, 1.54) is 4.90 Å². The van der Waals surface area contributed by atoms with Crippen LogP contribution in [0, 0.1) is 0 Å². The van der Waals surface area contributed by atoms with Gasteiger partial charge in [0, 0.05) is 36.3 Å². The smallest absolute Gasteiger partial charge is 0.0606 e. The van der Waals surface area contributed by atoms with E-state index in [0.717, 1.165) is 11.3 Å². The number of benzene rings is 1. The number of hydrogen-bond donors (Lipinski definition) is 2. The van der Waals surface area contributed by atoms with E-state index in [1.807, 2.05) is 30.3 Å². The highest BCUT2D eigenvalue weighted by Gasteiger charge is 2.09. The monoisotopic (exact) mass is 226 g/mol. The summed E-state index contributed by atoms with van der Waals surface area (Å²) in [6.07, 6.45) is 2.05. The maximum atomic E-state index is 8.91. The Hall–Kier alpha value is -0.710. The Labute approximate surface area is 95.3 Å². The molecule has 0 heterocycles. The van der Waals surface area contributed by atoms with Crippen molar-refractivity contribution < 1.29 is 5.11 Å². The molecule has 1 aromatic rings. The van der Waals surface area contributed by atoms with Gasteiger partial charge in [0.1, 0.15) is 0 Å². The highest BCUT2D eigenvalue weighted by molar-refractivity contribution is 7.98. The predicted octanol–water partition coefficient (Wildman–Crippen LogP) is 1.30. The lowest BCUT2D eigenvalue weighted by Crippen LogP contribution is -2.23.